The van der Waals surface area contributed by atoms with Crippen LogP contribution < -0.4 is 15.0 Å². The second-order valence-electron chi connectivity index (χ2n) is 6.76. The molecule has 2 aromatic heterocycles. The molecule has 8 heteroatoms. The first kappa shape index (κ1) is 22.4. The molecular formula is C21H26N2O5S. The molecule has 0 radical (unpaired) electrons. The maximum atomic E-state index is 12.5. The van der Waals surface area contributed by atoms with E-state index in [9.17, 15) is 4.79 Å². The summed E-state index contributed by atoms with van der Waals surface area (Å²) in [7, 11) is 9.15. The van der Waals surface area contributed by atoms with E-state index < -0.39 is 0 Å². The Morgan fingerprint density at radius 1 is 1.17 bits per heavy atom. The van der Waals surface area contributed by atoms with Crippen LogP contribution in [0.1, 0.15) is 10.4 Å². The van der Waals surface area contributed by atoms with Gasteiger partial charge in [-0.2, -0.15) is 0 Å². The summed E-state index contributed by atoms with van der Waals surface area (Å²) in [5.41, 5.74) is 3.01. The lowest BCUT2D eigenvalue weighted by molar-refractivity contribution is -0.122. The molecule has 1 N–H and O–H groups in total. The minimum atomic E-state index is -0.250. The van der Waals surface area contributed by atoms with E-state index in [0.29, 0.717) is 6.54 Å². The van der Waals surface area contributed by atoms with Gasteiger partial charge in [0.1, 0.15) is 11.5 Å². The third kappa shape index (κ3) is 4.78. The van der Waals surface area contributed by atoms with Crippen LogP contribution in [0.3, 0.4) is 0 Å². The molecular weight excluding hydrogens is 392 g/mol. The second-order valence-corrected chi connectivity index (χ2v) is 8.02. The molecule has 0 fully saturated rings. The predicted molar refractivity (Wildman–Crippen MR) is 116 cm³/mol. The Labute approximate surface area is 173 Å². The standard InChI is InChI=1S/C20H24N2O3S.CH2O2/c1-12-7-14-19(26-12)15(11-22(4)20(14)23)13-8-17(24-5)16(10-21(2)3)18(9-13)25-6;2-1-3/h7-9,11H,10H2,1-6H3;1H,(H,2,3). The Kier molecular flexibility index (Phi) is 7.41. The second kappa shape index (κ2) is 9.58. The fourth-order valence-electron chi connectivity index (χ4n) is 3.19. The average molecular weight is 419 g/mol. The fourth-order valence-corrected chi connectivity index (χ4v) is 4.23. The van der Waals surface area contributed by atoms with E-state index in [4.69, 9.17) is 19.4 Å². The van der Waals surface area contributed by atoms with Crippen molar-refractivity contribution in [1.82, 2.24) is 9.47 Å². The highest BCUT2D eigenvalue weighted by molar-refractivity contribution is 7.19. The quantitative estimate of drug-likeness (QED) is 0.640. The highest BCUT2D eigenvalue weighted by atomic mass is 32.1. The molecule has 3 aromatic rings. The first-order valence-electron chi connectivity index (χ1n) is 8.84. The van der Waals surface area contributed by atoms with Gasteiger partial charge in [0, 0.05) is 34.9 Å². The molecule has 1 aromatic carbocycles. The van der Waals surface area contributed by atoms with E-state index in [-0.39, 0.29) is 12.0 Å². The van der Waals surface area contributed by atoms with Gasteiger partial charge in [-0.05, 0) is 44.8 Å². The number of hydrogen-bond acceptors (Lipinski definition) is 6. The number of hydrogen-bond donors (Lipinski definition) is 1. The lowest BCUT2D eigenvalue weighted by Gasteiger charge is -2.19. The Morgan fingerprint density at radius 3 is 2.21 bits per heavy atom. The van der Waals surface area contributed by atoms with E-state index >= 15 is 0 Å². The summed E-state index contributed by atoms with van der Waals surface area (Å²) in [6.07, 6.45) is 1.89. The number of pyridine rings is 1. The van der Waals surface area contributed by atoms with Gasteiger partial charge in [0.15, 0.2) is 0 Å². The van der Waals surface area contributed by atoms with Crippen LogP contribution in [-0.2, 0) is 18.4 Å². The third-order valence-electron chi connectivity index (χ3n) is 4.37. The lowest BCUT2D eigenvalue weighted by Crippen LogP contribution is -2.15. The van der Waals surface area contributed by atoms with Crippen molar-refractivity contribution in [1.29, 1.82) is 0 Å². The first-order valence-corrected chi connectivity index (χ1v) is 9.66. The van der Waals surface area contributed by atoms with Crippen LogP contribution in [0.2, 0.25) is 0 Å². The highest BCUT2D eigenvalue weighted by Crippen LogP contribution is 2.39. The van der Waals surface area contributed by atoms with Crippen LogP contribution in [-0.4, -0.2) is 49.4 Å². The summed E-state index contributed by atoms with van der Waals surface area (Å²) < 4.78 is 13.9. The highest BCUT2D eigenvalue weighted by Gasteiger charge is 2.18. The lowest BCUT2D eigenvalue weighted by atomic mass is 10.0. The van der Waals surface area contributed by atoms with Crippen molar-refractivity contribution in [2.24, 2.45) is 7.05 Å². The first-order chi connectivity index (χ1) is 13.8. The Hall–Kier alpha value is -2.84. The van der Waals surface area contributed by atoms with Crippen LogP contribution >= 0.6 is 11.3 Å². The molecule has 0 saturated heterocycles. The number of nitrogens with zero attached hydrogens (tertiary/aromatic N) is 2. The van der Waals surface area contributed by atoms with E-state index in [1.807, 2.05) is 45.4 Å². The fraction of sp³-hybridized carbons (Fsp3) is 0.333. The summed E-state index contributed by atoms with van der Waals surface area (Å²) in [6.45, 7) is 2.49. The number of benzene rings is 1. The Morgan fingerprint density at radius 2 is 1.72 bits per heavy atom. The van der Waals surface area contributed by atoms with Gasteiger partial charge in [-0.15, -0.1) is 11.3 Å². The van der Waals surface area contributed by atoms with E-state index in [1.165, 1.54) is 0 Å². The van der Waals surface area contributed by atoms with Gasteiger partial charge >= 0.3 is 0 Å². The number of thiophene rings is 1. The number of carbonyl (C=O) groups is 1. The summed E-state index contributed by atoms with van der Waals surface area (Å²) in [5.74, 6) is 1.56. The smallest absolute Gasteiger partial charge is 0.290 e. The molecule has 3 rings (SSSR count). The molecule has 0 atom stereocenters. The topological polar surface area (TPSA) is 81.0 Å². The molecule has 0 unspecified atom stereocenters. The maximum absolute atomic E-state index is 12.5. The molecule has 0 bridgehead atoms. The molecule has 0 saturated carbocycles. The number of methoxy groups -OCH3 is 2. The Bertz CT molecular complexity index is 1040. The summed E-state index contributed by atoms with van der Waals surface area (Å²) in [5, 5.41) is 7.64. The number of rotatable bonds is 5. The Balaban J connectivity index is 0.000000941. The van der Waals surface area contributed by atoms with Crippen molar-refractivity contribution in [2.45, 2.75) is 13.5 Å². The minimum absolute atomic E-state index is 0.0243. The van der Waals surface area contributed by atoms with Crippen LogP contribution in [0.5, 0.6) is 11.5 Å². The van der Waals surface area contributed by atoms with Crippen molar-refractivity contribution < 1.29 is 19.4 Å². The van der Waals surface area contributed by atoms with Crippen molar-refractivity contribution in [3.05, 3.63) is 45.2 Å². The predicted octanol–water partition coefficient (Wildman–Crippen LogP) is 3.36. The van der Waals surface area contributed by atoms with Crippen molar-refractivity contribution in [3.8, 4) is 22.6 Å². The normalized spacial score (nSPS) is 10.6. The molecule has 0 spiro atoms. The van der Waals surface area contributed by atoms with Crippen molar-refractivity contribution >= 4 is 27.9 Å². The molecule has 29 heavy (non-hydrogen) atoms. The molecule has 0 aliphatic heterocycles. The maximum Gasteiger partial charge on any atom is 0.290 e. The van der Waals surface area contributed by atoms with Gasteiger partial charge in [0.2, 0.25) is 0 Å². The zero-order valence-electron chi connectivity index (χ0n) is 17.5. The van der Waals surface area contributed by atoms with Crippen molar-refractivity contribution in [2.75, 3.05) is 28.3 Å². The van der Waals surface area contributed by atoms with Gasteiger partial charge in [-0.1, -0.05) is 0 Å². The number of carboxylic acid groups (broad SMARTS) is 1. The zero-order chi connectivity index (χ0) is 21.7. The SMILES string of the molecule is COc1cc(-c2cn(C)c(=O)c3cc(C)sc23)cc(OC)c1CN(C)C.O=CO. The molecule has 0 amide bonds. The van der Waals surface area contributed by atoms with Crippen molar-refractivity contribution in [3.63, 3.8) is 0 Å². The number of fused-ring (bicyclic) bond motifs is 1. The number of aryl methyl sites for hydroxylation is 2. The van der Waals surface area contributed by atoms with Crippen LogP contribution in [0, 0.1) is 6.92 Å². The van der Waals surface area contributed by atoms with Crippen LogP contribution in [0.15, 0.2) is 29.2 Å². The van der Waals surface area contributed by atoms with E-state index in [1.54, 1.807) is 37.2 Å². The van der Waals surface area contributed by atoms with E-state index in [0.717, 1.165) is 43.2 Å². The summed E-state index contributed by atoms with van der Waals surface area (Å²) >= 11 is 1.64. The molecule has 7 nitrogen and oxygen atoms in total. The van der Waals surface area contributed by atoms with E-state index in [2.05, 4.69) is 4.90 Å². The zero-order valence-corrected chi connectivity index (χ0v) is 18.3. The monoisotopic (exact) mass is 418 g/mol. The minimum Gasteiger partial charge on any atom is -0.496 e. The van der Waals surface area contributed by atoms with Crippen LogP contribution in [0.25, 0.3) is 21.2 Å². The molecule has 0 aliphatic rings. The van der Waals surface area contributed by atoms with Gasteiger partial charge in [-0.3, -0.25) is 9.59 Å². The molecule has 0 aliphatic carbocycles. The number of aromatic nitrogens is 1. The van der Waals surface area contributed by atoms with Gasteiger partial charge < -0.3 is 24.0 Å². The summed E-state index contributed by atoms with van der Waals surface area (Å²) in [6, 6.07) is 6.01. The molecule has 2 heterocycles. The third-order valence-corrected chi connectivity index (χ3v) is 5.45. The average Bonchev–Trinajstić information content (AvgIpc) is 3.07. The van der Waals surface area contributed by atoms with Crippen LogP contribution in [0.4, 0.5) is 0 Å². The molecule has 156 valence electrons. The van der Waals surface area contributed by atoms with Gasteiger partial charge in [-0.25, -0.2) is 0 Å². The summed E-state index contributed by atoms with van der Waals surface area (Å²) in [4.78, 5) is 24.0. The largest absolute Gasteiger partial charge is 0.496 e. The van der Waals surface area contributed by atoms with Gasteiger partial charge in [0.25, 0.3) is 12.0 Å². The van der Waals surface area contributed by atoms with Gasteiger partial charge in [0.05, 0.1) is 25.2 Å². The number of ether oxygens (including phenoxy) is 2.